The van der Waals surface area contributed by atoms with Crippen molar-refractivity contribution >= 4 is 5.82 Å². The van der Waals surface area contributed by atoms with Crippen LogP contribution in [0.5, 0.6) is 5.75 Å². The number of anilines is 1. The number of rotatable bonds is 7. The summed E-state index contributed by atoms with van der Waals surface area (Å²) in [6, 6.07) is 9.97. The minimum absolute atomic E-state index is 0.839. The monoisotopic (exact) mass is 285 g/mol. The van der Waals surface area contributed by atoms with Crippen molar-refractivity contribution in [1.82, 2.24) is 9.97 Å². The molecule has 4 heteroatoms. The van der Waals surface area contributed by atoms with E-state index < -0.39 is 0 Å². The van der Waals surface area contributed by atoms with Crippen molar-refractivity contribution in [2.45, 2.75) is 33.1 Å². The molecule has 0 bridgehead atoms. The highest BCUT2D eigenvalue weighted by atomic mass is 16.5. The predicted octanol–water partition coefficient (Wildman–Crippen LogP) is 3.93. The zero-order valence-electron chi connectivity index (χ0n) is 13.0. The van der Waals surface area contributed by atoms with Crippen LogP contribution in [0.15, 0.2) is 30.3 Å². The summed E-state index contributed by atoms with van der Waals surface area (Å²) in [6.07, 6.45) is 3.00. The van der Waals surface area contributed by atoms with Gasteiger partial charge in [0.25, 0.3) is 0 Å². The van der Waals surface area contributed by atoms with Gasteiger partial charge in [-0.2, -0.15) is 0 Å². The average Bonchev–Trinajstić information content (AvgIpc) is 2.53. The van der Waals surface area contributed by atoms with Crippen molar-refractivity contribution in [3.05, 3.63) is 36.2 Å². The Morgan fingerprint density at radius 1 is 1.10 bits per heavy atom. The maximum absolute atomic E-state index is 5.29. The summed E-state index contributed by atoms with van der Waals surface area (Å²) >= 11 is 0. The van der Waals surface area contributed by atoms with E-state index in [2.05, 4.69) is 29.1 Å². The summed E-state index contributed by atoms with van der Waals surface area (Å²) in [5.74, 6) is 2.62. The van der Waals surface area contributed by atoms with Crippen molar-refractivity contribution in [1.29, 1.82) is 0 Å². The van der Waals surface area contributed by atoms with E-state index in [1.807, 2.05) is 30.3 Å². The minimum atomic E-state index is 0.839. The first-order chi connectivity index (χ1) is 10.3. The molecular weight excluding hydrogens is 262 g/mol. The smallest absolute Gasteiger partial charge is 0.131 e. The molecular formula is C17H23N3O. The van der Waals surface area contributed by atoms with Gasteiger partial charge in [-0.3, -0.25) is 0 Å². The third kappa shape index (κ3) is 4.18. The second kappa shape index (κ2) is 7.62. The second-order valence-electron chi connectivity index (χ2n) is 4.96. The van der Waals surface area contributed by atoms with Crippen LogP contribution in [0.2, 0.25) is 0 Å². The number of ether oxygens (including phenoxy) is 1. The van der Waals surface area contributed by atoms with E-state index in [1.54, 1.807) is 7.11 Å². The third-order valence-electron chi connectivity index (χ3n) is 3.17. The molecule has 0 radical (unpaired) electrons. The van der Waals surface area contributed by atoms with Crippen LogP contribution >= 0.6 is 0 Å². The number of hydrogen-bond acceptors (Lipinski definition) is 4. The van der Waals surface area contributed by atoms with Crippen LogP contribution in [0.25, 0.3) is 11.3 Å². The molecule has 0 amide bonds. The Hall–Kier alpha value is -2.10. The molecule has 0 atom stereocenters. The lowest BCUT2D eigenvalue weighted by Crippen LogP contribution is -2.06. The van der Waals surface area contributed by atoms with Crippen LogP contribution in [-0.4, -0.2) is 23.6 Å². The van der Waals surface area contributed by atoms with Crippen LogP contribution < -0.4 is 10.1 Å². The number of aromatic nitrogens is 2. The lowest BCUT2D eigenvalue weighted by atomic mass is 10.1. The molecule has 1 aromatic heterocycles. The van der Waals surface area contributed by atoms with Crippen molar-refractivity contribution < 1.29 is 4.74 Å². The molecule has 0 aliphatic heterocycles. The normalized spacial score (nSPS) is 10.4. The fourth-order valence-electron chi connectivity index (χ4n) is 2.11. The first kappa shape index (κ1) is 15.3. The molecule has 21 heavy (non-hydrogen) atoms. The Balaban J connectivity index is 2.37. The number of hydrogen-bond donors (Lipinski definition) is 1. The van der Waals surface area contributed by atoms with Gasteiger partial charge in [0.1, 0.15) is 17.4 Å². The Morgan fingerprint density at radius 3 is 2.67 bits per heavy atom. The summed E-state index contributed by atoms with van der Waals surface area (Å²) in [4.78, 5) is 9.25. The molecule has 0 unspecified atom stereocenters. The number of benzene rings is 1. The molecule has 4 nitrogen and oxygen atoms in total. The topological polar surface area (TPSA) is 47.0 Å². The SMILES string of the molecule is CCCNc1cc(-c2cccc(OC)c2)nc(CCC)n1. The van der Waals surface area contributed by atoms with Crippen LogP contribution in [0, 0.1) is 0 Å². The van der Waals surface area contributed by atoms with Gasteiger partial charge >= 0.3 is 0 Å². The van der Waals surface area contributed by atoms with Crippen molar-refractivity contribution in [2.75, 3.05) is 19.0 Å². The summed E-state index contributed by atoms with van der Waals surface area (Å²) < 4.78 is 5.29. The molecule has 1 heterocycles. The van der Waals surface area contributed by atoms with Crippen molar-refractivity contribution in [2.24, 2.45) is 0 Å². The zero-order chi connectivity index (χ0) is 15.1. The fourth-order valence-corrected chi connectivity index (χ4v) is 2.11. The number of nitrogens with zero attached hydrogens (tertiary/aromatic N) is 2. The summed E-state index contributed by atoms with van der Waals surface area (Å²) in [6.45, 7) is 5.20. The molecule has 112 valence electrons. The Bertz CT molecular complexity index is 584. The summed E-state index contributed by atoms with van der Waals surface area (Å²) in [5, 5.41) is 3.35. The van der Waals surface area contributed by atoms with Gasteiger partial charge in [0.15, 0.2) is 0 Å². The van der Waals surface area contributed by atoms with Crippen molar-refractivity contribution in [3.8, 4) is 17.0 Å². The molecule has 1 N–H and O–H groups in total. The Morgan fingerprint density at radius 2 is 1.95 bits per heavy atom. The van der Waals surface area contributed by atoms with Gasteiger partial charge in [-0.1, -0.05) is 26.0 Å². The van der Waals surface area contributed by atoms with E-state index in [4.69, 9.17) is 4.74 Å². The van der Waals surface area contributed by atoms with Gasteiger partial charge in [-0.05, 0) is 25.0 Å². The molecule has 0 saturated heterocycles. The van der Waals surface area contributed by atoms with Gasteiger partial charge in [-0.25, -0.2) is 9.97 Å². The molecule has 2 rings (SSSR count). The molecule has 0 spiro atoms. The lowest BCUT2D eigenvalue weighted by molar-refractivity contribution is 0.415. The highest BCUT2D eigenvalue weighted by Gasteiger charge is 2.07. The second-order valence-corrected chi connectivity index (χ2v) is 4.96. The summed E-state index contributed by atoms with van der Waals surface area (Å²) in [5.41, 5.74) is 1.99. The van der Waals surface area contributed by atoms with Crippen LogP contribution in [0.1, 0.15) is 32.5 Å². The van der Waals surface area contributed by atoms with Gasteiger partial charge in [0.05, 0.1) is 12.8 Å². The predicted molar refractivity (Wildman–Crippen MR) is 86.8 cm³/mol. The highest BCUT2D eigenvalue weighted by molar-refractivity contribution is 5.64. The largest absolute Gasteiger partial charge is 0.497 e. The third-order valence-corrected chi connectivity index (χ3v) is 3.17. The Labute approximate surface area is 126 Å². The number of methoxy groups -OCH3 is 1. The van der Waals surface area contributed by atoms with Crippen LogP contribution in [0.4, 0.5) is 5.82 Å². The number of nitrogens with one attached hydrogen (secondary N) is 1. The molecule has 2 aromatic rings. The van der Waals surface area contributed by atoms with Crippen LogP contribution in [-0.2, 0) is 6.42 Å². The van der Waals surface area contributed by atoms with E-state index in [-0.39, 0.29) is 0 Å². The van der Waals surface area contributed by atoms with E-state index in [0.29, 0.717) is 0 Å². The van der Waals surface area contributed by atoms with E-state index in [0.717, 1.165) is 54.5 Å². The molecule has 0 aliphatic carbocycles. The van der Waals surface area contributed by atoms with Crippen LogP contribution in [0.3, 0.4) is 0 Å². The minimum Gasteiger partial charge on any atom is -0.497 e. The fraction of sp³-hybridized carbons (Fsp3) is 0.412. The van der Waals surface area contributed by atoms with Gasteiger partial charge in [-0.15, -0.1) is 0 Å². The molecule has 1 aromatic carbocycles. The van der Waals surface area contributed by atoms with E-state index >= 15 is 0 Å². The van der Waals surface area contributed by atoms with Crippen molar-refractivity contribution in [3.63, 3.8) is 0 Å². The van der Waals surface area contributed by atoms with Gasteiger partial charge in [0, 0.05) is 24.6 Å². The lowest BCUT2D eigenvalue weighted by Gasteiger charge is -2.10. The first-order valence-electron chi connectivity index (χ1n) is 7.53. The maximum Gasteiger partial charge on any atom is 0.131 e. The Kier molecular flexibility index (Phi) is 5.55. The van der Waals surface area contributed by atoms with Gasteiger partial charge < -0.3 is 10.1 Å². The standard InChI is InChI=1S/C17H23N3O/c1-4-7-16-19-15(12-17(20-16)18-10-5-2)13-8-6-9-14(11-13)21-3/h6,8-9,11-12H,4-5,7,10H2,1-3H3,(H,18,19,20). The first-order valence-corrected chi connectivity index (χ1v) is 7.53. The average molecular weight is 285 g/mol. The van der Waals surface area contributed by atoms with E-state index in [9.17, 15) is 0 Å². The summed E-state index contributed by atoms with van der Waals surface area (Å²) in [7, 11) is 1.68. The molecule has 0 fully saturated rings. The number of aryl methyl sites for hydroxylation is 1. The maximum atomic E-state index is 5.29. The van der Waals surface area contributed by atoms with E-state index in [1.165, 1.54) is 0 Å². The highest BCUT2D eigenvalue weighted by Crippen LogP contribution is 2.24. The van der Waals surface area contributed by atoms with Gasteiger partial charge in [0.2, 0.25) is 0 Å². The molecule has 0 aliphatic rings. The molecule has 0 saturated carbocycles. The quantitative estimate of drug-likeness (QED) is 0.837. The zero-order valence-corrected chi connectivity index (χ0v) is 13.0.